The van der Waals surface area contributed by atoms with Crippen molar-refractivity contribution in [2.45, 2.75) is 63.1 Å². The van der Waals surface area contributed by atoms with E-state index < -0.39 is 5.60 Å². The summed E-state index contributed by atoms with van der Waals surface area (Å²) in [6.45, 7) is 1.32. The van der Waals surface area contributed by atoms with E-state index in [1.165, 1.54) is 0 Å². The number of benzene rings is 1. The van der Waals surface area contributed by atoms with Crippen LogP contribution in [0.25, 0.3) is 0 Å². The van der Waals surface area contributed by atoms with Crippen LogP contribution in [0.2, 0.25) is 0 Å². The normalized spacial score (nSPS) is 31.2. The molecule has 1 aromatic carbocycles. The van der Waals surface area contributed by atoms with Crippen LogP contribution in [0, 0.1) is 11.3 Å². The molecule has 1 amide bonds. The van der Waals surface area contributed by atoms with Crippen molar-refractivity contribution in [1.82, 2.24) is 14.7 Å². The highest BCUT2D eigenvalue weighted by molar-refractivity contribution is 5.85. The molecule has 1 N–H and O–H groups in total. The predicted octanol–water partition coefficient (Wildman–Crippen LogP) is 3.34. The number of fused-ring (bicyclic) bond motifs is 1. The molecule has 3 fully saturated rings. The molecule has 2 aliphatic carbocycles. The highest BCUT2D eigenvalue weighted by Gasteiger charge is 2.57. The lowest BCUT2D eigenvalue weighted by molar-refractivity contribution is -0.160. The van der Waals surface area contributed by atoms with Gasteiger partial charge in [-0.25, -0.2) is 0 Å². The molecule has 5 heteroatoms. The van der Waals surface area contributed by atoms with E-state index in [1.807, 2.05) is 47.3 Å². The van der Waals surface area contributed by atoms with E-state index in [2.05, 4.69) is 10.00 Å². The van der Waals surface area contributed by atoms with Crippen molar-refractivity contribution in [2.24, 2.45) is 11.3 Å². The zero-order chi connectivity index (χ0) is 19.2. The van der Waals surface area contributed by atoms with Gasteiger partial charge in [-0.05, 0) is 43.7 Å². The molecule has 2 aromatic rings. The molecule has 0 radical (unpaired) electrons. The molecule has 148 valence electrons. The first-order valence-corrected chi connectivity index (χ1v) is 10.7. The smallest absolute Gasteiger partial charge is 0.230 e. The molecule has 2 saturated carbocycles. The van der Waals surface area contributed by atoms with Gasteiger partial charge >= 0.3 is 0 Å². The van der Waals surface area contributed by atoms with E-state index in [1.54, 1.807) is 6.20 Å². The third-order valence-electron chi connectivity index (χ3n) is 7.34. The van der Waals surface area contributed by atoms with Gasteiger partial charge in [0.15, 0.2) is 0 Å². The highest BCUT2D eigenvalue weighted by Crippen LogP contribution is 2.52. The molecule has 1 aromatic heterocycles. The van der Waals surface area contributed by atoms with Gasteiger partial charge in [0.2, 0.25) is 5.91 Å². The summed E-state index contributed by atoms with van der Waals surface area (Å²) in [4.78, 5) is 15.8. The van der Waals surface area contributed by atoms with Gasteiger partial charge in [-0.2, -0.15) is 5.10 Å². The van der Waals surface area contributed by atoms with Crippen LogP contribution in [-0.4, -0.2) is 38.3 Å². The monoisotopic (exact) mass is 379 g/mol. The molecule has 1 saturated heterocycles. The number of aromatic nitrogens is 2. The van der Waals surface area contributed by atoms with Crippen molar-refractivity contribution in [3.05, 3.63) is 54.4 Å². The zero-order valence-corrected chi connectivity index (χ0v) is 16.3. The Bertz CT molecular complexity index is 831. The second-order valence-corrected chi connectivity index (χ2v) is 8.98. The fraction of sp³-hybridized carbons (Fsp3) is 0.565. The van der Waals surface area contributed by atoms with Gasteiger partial charge in [0.25, 0.3) is 0 Å². The molecule has 3 atom stereocenters. The first kappa shape index (κ1) is 17.9. The van der Waals surface area contributed by atoms with E-state index in [-0.39, 0.29) is 23.3 Å². The molecule has 0 bridgehead atoms. The summed E-state index contributed by atoms with van der Waals surface area (Å²) < 4.78 is 1.90. The molecule has 0 unspecified atom stereocenters. The Morgan fingerprint density at radius 2 is 1.89 bits per heavy atom. The SMILES string of the molecule is O=C(N1CC[C@](O)(c2ccccc2)[C@@H]2CCCC[C@H]21)C1(Cn2cccn2)CC1. The maximum absolute atomic E-state index is 13.6. The fourth-order valence-corrected chi connectivity index (χ4v) is 5.62. The molecule has 5 nitrogen and oxygen atoms in total. The van der Waals surface area contributed by atoms with Crippen LogP contribution in [-0.2, 0) is 16.9 Å². The van der Waals surface area contributed by atoms with Crippen LogP contribution in [0.1, 0.15) is 50.5 Å². The van der Waals surface area contributed by atoms with Crippen LogP contribution < -0.4 is 0 Å². The molecule has 28 heavy (non-hydrogen) atoms. The largest absolute Gasteiger partial charge is 0.385 e. The van der Waals surface area contributed by atoms with Crippen LogP contribution in [0.15, 0.2) is 48.8 Å². The van der Waals surface area contributed by atoms with Crippen molar-refractivity contribution in [1.29, 1.82) is 0 Å². The van der Waals surface area contributed by atoms with Gasteiger partial charge < -0.3 is 10.0 Å². The van der Waals surface area contributed by atoms with Crippen LogP contribution in [0.5, 0.6) is 0 Å². The number of hydrogen-bond donors (Lipinski definition) is 1. The maximum Gasteiger partial charge on any atom is 0.230 e. The van der Waals surface area contributed by atoms with E-state index in [0.717, 1.165) is 44.1 Å². The minimum absolute atomic E-state index is 0.127. The number of aliphatic hydroxyl groups is 1. The van der Waals surface area contributed by atoms with Gasteiger partial charge in [-0.3, -0.25) is 9.48 Å². The number of rotatable bonds is 4. The number of nitrogens with zero attached hydrogens (tertiary/aromatic N) is 3. The van der Waals surface area contributed by atoms with Crippen molar-refractivity contribution >= 4 is 5.91 Å². The Kier molecular flexibility index (Phi) is 4.31. The summed E-state index contributed by atoms with van der Waals surface area (Å²) in [6, 6.07) is 12.2. The minimum atomic E-state index is -0.818. The van der Waals surface area contributed by atoms with Crippen LogP contribution >= 0.6 is 0 Å². The second kappa shape index (κ2) is 6.73. The highest BCUT2D eigenvalue weighted by atomic mass is 16.3. The van der Waals surface area contributed by atoms with E-state index in [9.17, 15) is 9.90 Å². The van der Waals surface area contributed by atoms with E-state index in [0.29, 0.717) is 19.5 Å². The van der Waals surface area contributed by atoms with Crippen LogP contribution in [0.3, 0.4) is 0 Å². The molecule has 1 aliphatic heterocycles. The van der Waals surface area contributed by atoms with E-state index in [4.69, 9.17) is 0 Å². The fourth-order valence-electron chi connectivity index (χ4n) is 5.62. The topological polar surface area (TPSA) is 58.4 Å². The zero-order valence-electron chi connectivity index (χ0n) is 16.3. The first-order chi connectivity index (χ1) is 13.6. The summed E-state index contributed by atoms with van der Waals surface area (Å²) in [6.07, 6.45) is 10.5. The van der Waals surface area contributed by atoms with Gasteiger partial charge in [0.05, 0.1) is 17.6 Å². The molecular weight excluding hydrogens is 350 g/mol. The average molecular weight is 380 g/mol. The minimum Gasteiger partial charge on any atom is -0.385 e. The summed E-state index contributed by atoms with van der Waals surface area (Å²) in [7, 11) is 0. The Balaban J connectivity index is 1.41. The summed E-state index contributed by atoms with van der Waals surface area (Å²) >= 11 is 0. The number of piperidine rings is 1. The van der Waals surface area contributed by atoms with Crippen LogP contribution in [0.4, 0.5) is 0 Å². The number of carbonyl (C=O) groups excluding carboxylic acids is 1. The lowest BCUT2D eigenvalue weighted by atomic mass is 9.66. The van der Waals surface area contributed by atoms with Crippen molar-refractivity contribution in [3.63, 3.8) is 0 Å². The van der Waals surface area contributed by atoms with E-state index >= 15 is 0 Å². The van der Waals surface area contributed by atoms with Gasteiger partial charge in [0, 0.05) is 30.9 Å². The lowest BCUT2D eigenvalue weighted by Crippen LogP contribution is -2.60. The van der Waals surface area contributed by atoms with Crippen molar-refractivity contribution in [2.75, 3.05) is 6.54 Å². The average Bonchev–Trinajstić information content (AvgIpc) is 3.34. The summed E-state index contributed by atoms with van der Waals surface area (Å²) in [5.74, 6) is 0.414. The Hall–Kier alpha value is -2.14. The van der Waals surface area contributed by atoms with Crippen molar-refractivity contribution in [3.8, 4) is 0 Å². The maximum atomic E-state index is 13.6. The first-order valence-electron chi connectivity index (χ1n) is 10.7. The Labute approximate surface area is 166 Å². The lowest BCUT2D eigenvalue weighted by Gasteiger charge is -2.53. The Morgan fingerprint density at radius 1 is 1.11 bits per heavy atom. The molecule has 2 heterocycles. The van der Waals surface area contributed by atoms with Gasteiger partial charge in [0.1, 0.15) is 0 Å². The molecular formula is C23H29N3O2. The number of hydrogen-bond acceptors (Lipinski definition) is 3. The second-order valence-electron chi connectivity index (χ2n) is 8.98. The molecule has 5 rings (SSSR count). The number of amides is 1. The van der Waals surface area contributed by atoms with Gasteiger partial charge in [-0.15, -0.1) is 0 Å². The Morgan fingerprint density at radius 3 is 2.61 bits per heavy atom. The van der Waals surface area contributed by atoms with Gasteiger partial charge in [-0.1, -0.05) is 43.2 Å². The standard InChI is InChI=1S/C23H29N3O2/c27-21(22(11-12-22)17-25-15-6-14-24-25)26-16-13-23(28,18-7-2-1-3-8-18)19-9-4-5-10-20(19)26/h1-3,6-8,14-15,19-20,28H,4-5,9-13,16-17H2/t19-,20-,23+/m1/s1. The number of carbonyl (C=O) groups is 1. The summed E-state index contributed by atoms with van der Waals surface area (Å²) in [5.41, 5.74) is -0.0884. The third kappa shape index (κ3) is 2.87. The third-order valence-corrected chi connectivity index (χ3v) is 7.34. The predicted molar refractivity (Wildman–Crippen MR) is 106 cm³/mol. The molecule has 0 spiro atoms. The summed E-state index contributed by atoms with van der Waals surface area (Å²) in [5, 5.41) is 16.0. The number of likely N-dealkylation sites (tertiary alicyclic amines) is 1. The quantitative estimate of drug-likeness (QED) is 0.886. The molecule has 3 aliphatic rings. The van der Waals surface area contributed by atoms with Crippen molar-refractivity contribution < 1.29 is 9.90 Å².